The molecule has 0 bridgehead atoms. The van der Waals surface area contributed by atoms with Crippen molar-refractivity contribution in [2.24, 2.45) is 5.92 Å². The van der Waals surface area contributed by atoms with Gasteiger partial charge in [0.2, 0.25) is 0 Å². The molecular weight excluding hydrogens is 178 g/mol. The van der Waals surface area contributed by atoms with Crippen molar-refractivity contribution in [1.29, 1.82) is 0 Å². The number of aryl methyl sites for hydroxylation is 1. The lowest BCUT2D eigenvalue weighted by Crippen LogP contribution is -2.22. The zero-order chi connectivity index (χ0) is 9.84. The zero-order valence-corrected chi connectivity index (χ0v) is 9.82. The first-order valence-electron chi connectivity index (χ1n) is 4.82. The van der Waals surface area contributed by atoms with E-state index in [1.807, 2.05) is 11.3 Å². The molecule has 0 fully saturated rings. The van der Waals surface area contributed by atoms with Gasteiger partial charge >= 0.3 is 0 Å². The fourth-order valence-corrected chi connectivity index (χ4v) is 2.49. The van der Waals surface area contributed by atoms with Crippen LogP contribution in [0, 0.1) is 12.8 Å². The van der Waals surface area contributed by atoms with E-state index < -0.39 is 0 Å². The first kappa shape index (κ1) is 10.7. The van der Waals surface area contributed by atoms with E-state index in [4.69, 9.17) is 0 Å². The minimum absolute atomic E-state index is 0.756. The van der Waals surface area contributed by atoms with Crippen LogP contribution in [0.4, 0.5) is 0 Å². The van der Waals surface area contributed by atoms with Crippen molar-refractivity contribution in [1.82, 2.24) is 4.90 Å². The van der Waals surface area contributed by atoms with Crippen LogP contribution < -0.4 is 0 Å². The van der Waals surface area contributed by atoms with Gasteiger partial charge in [-0.25, -0.2) is 0 Å². The van der Waals surface area contributed by atoms with E-state index in [-0.39, 0.29) is 0 Å². The predicted molar refractivity (Wildman–Crippen MR) is 60.2 cm³/mol. The van der Waals surface area contributed by atoms with Crippen LogP contribution in [0.5, 0.6) is 0 Å². The molecule has 2 heteroatoms. The molecule has 0 aliphatic heterocycles. The molecule has 1 aromatic rings. The van der Waals surface area contributed by atoms with Crippen LogP contribution in [-0.4, -0.2) is 18.5 Å². The average Bonchev–Trinajstić information content (AvgIpc) is 2.33. The van der Waals surface area contributed by atoms with E-state index in [2.05, 4.69) is 44.9 Å². The monoisotopic (exact) mass is 197 g/mol. The second-order valence-corrected chi connectivity index (χ2v) is 5.48. The van der Waals surface area contributed by atoms with E-state index in [9.17, 15) is 0 Å². The largest absolute Gasteiger partial charge is 0.301 e. The Labute approximate surface area is 85.4 Å². The Morgan fingerprint density at radius 3 is 2.54 bits per heavy atom. The van der Waals surface area contributed by atoms with Gasteiger partial charge in [0.1, 0.15) is 0 Å². The summed E-state index contributed by atoms with van der Waals surface area (Å²) in [6, 6.07) is 4.43. The second kappa shape index (κ2) is 4.77. The first-order valence-corrected chi connectivity index (χ1v) is 5.63. The van der Waals surface area contributed by atoms with Crippen molar-refractivity contribution in [2.75, 3.05) is 13.6 Å². The Bertz CT molecular complexity index is 252. The summed E-state index contributed by atoms with van der Waals surface area (Å²) in [5, 5.41) is 0. The normalized spacial score (nSPS) is 11.5. The second-order valence-electron chi connectivity index (χ2n) is 4.10. The SMILES string of the molecule is Cc1ccc(CN(C)CC(C)C)s1. The highest BCUT2D eigenvalue weighted by Crippen LogP contribution is 2.16. The maximum atomic E-state index is 2.38. The van der Waals surface area contributed by atoms with E-state index in [0.717, 1.165) is 12.5 Å². The van der Waals surface area contributed by atoms with Crippen molar-refractivity contribution >= 4 is 11.3 Å². The molecule has 0 aliphatic carbocycles. The van der Waals surface area contributed by atoms with Crippen molar-refractivity contribution in [3.05, 3.63) is 21.9 Å². The molecule has 0 aliphatic rings. The molecule has 1 aromatic heterocycles. The minimum atomic E-state index is 0.756. The molecule has 74 valence electrons. The van der Waals surface area contributed by atoms with Crippen molar-refractivity contribution < 1.29 is 0 Å². The lowest BCUT2D eigenvalue weighted by molar-refractivity contribution is 0.291. The van der Waals surface area contributed by atoms with E-state index in [1.165, 1.54) is 16.3 Å². The van der Waals surface area contributed by atoms with Gasteiger partial charge in [-0.2, -0.15) is 0 Å². The van der Waals surface area contributed by atoms with Crippen molar-refractivity contribution in [3.8, 4) is 0 Å². The molecule has 0 aromatic carbocycles. The summed E-state index contributed by atoms with van der Waals surface area (Å²) in [5.41, 5.74) is 0. The standard InChI is InChI=1S/C11H19NS/c1-9(2)7-12(4)8-11-6-5-10(3)13-11/h5-6,9H,7-8H2,1-4H3. The highest BCUT2D eigenvalue weighted by molar-refractivity contribution is 7.11. The zero-order valence-electron chi connectivity index (χ0n) is 9.00. The number of nitrogens with zero attached hydrogens (tertiary/aromatic N) is 1. The quantitative estimate of drug-likeness (QED) is 0.716. The van der Waals surface area contributed by atoms with Gasteiger partial charge in [-0.3, -0.25) is 0 Å². The molecular formula is C11H19NS. The maximum Gasteiger partial charge on any atom is 0.0325 e. The predicted octanol–water partition coefficient (Wildman–Crippen LogP) is 3.14. The maximum absolute atomic E-state index is 2.38. The molecule has 0 N–H and O–H groups in total. The Kier molecular flexibility index (Phi) is 3.94. The fourth-order valence-electron chi connectivity index (χ4n) is 1.52. The third kappa shape index (κ3) is 3.92. The molecule has 0 atom stereocenters. The topological polar surface area (TPSA) is 3.24 Å². The van der Waals surface area contributed by atoms with Gasteiger partial charge in [-0.05, 0) is 32.0 Å². The third-order valence-electron chi connectivity index (χ3n) is 1.90. The highest BCUT2D eigenvalue weighted by Gasteiger charge is 2.03. The van der Waals surface area contributed by atoms with Crippen LogP contribution in [0.1, 0.15) is 23.6 Å². The average molecular weight is 197 g/mol. The van der Waals surface area contributed by atoms with Gasteiger partial charge in [0.15, 0.2) is 0 Å². The van der Waals surface area contributed by atoms with Gasteiger partial charge < -0.3 is 4.90 Å². The van der Waals surface area contributed by atoms with E-state index >= 15 is 0 Å². The smallest absolute Gasteiger partial charge is 0.0325 e. The molecule has 0 amide bonds. The Hall–Kier alpha value is -0.340. The summed E-state index contributed by atoms with van der Waals surface area (Å²) in [5.74, 6) is 0.756. The fraction of sp³-hybridized carbons (Fsp3) is 0.636. The summed E-state index contributed by atoms with van der Waals surface area (Å²) in [6.45, 7) is 8.95. The lowest BCUT2D eigenvalue weighted by Gasteiger charge is -2.17. The van der Waals surface area contributed by atoms with Gasteiger partial charge in [0.05, 0.1) is 0 Å². The van der Waals surface area contributed by atoms with Crippen LogP contribution in [0.2, 0.25) is 0 Å². The van der Waals surface area contributed by atoms with Crippen LogP contribution in [-0.2, 0) is 6.54 Å². The molecule has 0 saturated heterocycles. The van der Waals surface area contributed by atoms with E-state index in [1.54, 1.807) is 0 Å². The van der Waals surface area contributed by atoms with Crippen molar-refractivity contribution in [2.45, 2.75) is 27.3 Å². The first-order chi connectivity index (χ1) is 6.08. The van der Waals surface area contributed by atoms with Gasteiger partial charge in [-0.1, -0.05) is 13.8 Å². The number of thiophene rings is 1. The molecule has 0 spiro atoms. The van der Waals surface area contributed by atoms with Crippen LogP contribution in [0.25, 0.3) is 0 Å². The summed E-state index contributed by atoms with van der Waals surface area (Å²) in [7, 11) is 2.19. The molecule has 1 nitrogen and oxygen atoms in total. The lowest BCUT2D eigenvalue weighted by atomic mass is 10.2. The molecule has 13 heavy (non-hydrogen) atoms. The Balaban J connectivity index is 2.40. The van der Waals surface area contributed by atoms with Crippen molar-refractivity contribution in [3.63, 3.8) is 0 Å². The molecule has 1 rings (SSSR count). The molecule has 0 radical (unpaired) electrons. The van der Waals surface area contributed by atoms with Gasteiger partial charge in [-0.15, -0.1) is 11.3 Å². The van der Waals surface area contributed by atoms with E-state index in [0.29, 0.717) is 0 Å². The number of rotatable bonds is 4. The van der Waals surface area contributed by atoms with Gasteiger partial charge in [0, 0.05) is 22.8 Å². The summed E-state index contributed by atoms with van der Waals surface area (Å²) in [6.07, 6.45) is 0. The third-order valence-corrected chi connectivity index (χ3v) is 2.88. The summed E-state index contributed by atoms with van der Waals surface area (Å²) < 4.78 is 0. The van der Waals surface area contributed by atoms with Gasteiger partial charge in [0.25, 0.3) is 0 Å². The van der Waals surface area contributed by atoms with Crippen LogP contribution >= 0.6 is 11.3 Å². The molecule has 0 unspecified atom stereocenters. The Morgan fingerprint density at radius 2 is 2.08 bits per heavy atom. The van der Waals surface area contributed by atoms with Crippen LogP contribution in [0.3, 0.4) is 0 Å². The molecule has 0 saturated carbocycles. The highest BCUT2D eigenvalue weighted by atomic mass is 32.1. The summed E-state index contributed by atoms with van der Waals surface area (Å²) >= 11 is 1.90. The number of hydrogen-bond acceptors (Lipinski definition) is 2. The van der Waals surface area contributed by atoms with Crippen LogP contribution in [0.15, 0.2) is 12.1 Å². The Morgan fingerprint density at radius 1 is 1.38 bits per heavy atom. The minimum Gasteiger partial charge on any atom is -0.301 e. The summed E-state index contributed by atoms with van der Waals surface area (Å²) in [4.78, 5) is 5.27. The molecule has 1 heterocycles. The number of hydrogen-bond donors (Lipinski definition) is 0.